The van der Waals surface area contributed by atoms with Crippen molar-refractivity contribution in [3.63, 3.8) is 0 Å². The number of oxazole rings is 1. The van der Waals surface area contributed by atoms with Crippen LogP contribution in [0.5, 0.6) is 0 Å². The van der Waals surface area contributed by atoms with E-state index in [9.17, 15) is 0 Å². The van der Waals surface area contributed by atoms with Crippen LogP contribution in [0.3, 0.4) is 0 Å². The van der Waals surface area contributed by atoms with Crippen LogP contribution in [0.2, 0.25) is 0 Å². The van der Waals surface area contributed by atoms with Crippen molar-refractivity contribution < 1.29 is 4.42 Å². The summed E-state index contributed by atoms with van der Waals surface area (Å²) in [6, 6.07) is 39.8. The Hall–Kier alpha value is -6.13. The van der Waals surface area contributed by atoms with Gasteiger partial charge >= 0.3 is 0 Å². The van der Waals surface area contributed by atoms with E-state index in [0.717, 1.165) is 27.8 Å². The molecule has 7 aromatic heterocycles. The largest absolute Gasteiger partial charge is 0.443 e. The Balaban J connectivity index is 0.0000000992. The molecule has 10 heteroatoms. The second-order valence-corrected chi connectivity index (χ2v) is 10.3. The van der Waals surface area contributed by atoms with Crippen molar-refractivity contribution in [2.45, 2.75) is 0 Å². The Bertz CT molecular complexity index is 1800. The number of H-pyrrole nitrogens is 1. The Kier molecular flexibility index (Phi) is 9.56. The number of para-hydroxylation sites is 4. The molecule has 0 unspecified atom stereocenters. The monoisotopic (exact) mass is 608 g/mol. The number of hydrogen-bond donors (Lipinski definition) is 1. The van der Waals surface area contributed by atoms with Crippen molar-refractivity contribution in [2.75, 3.05) is 0 Å². The van der Waals surface area contributed by atoms with E-state index in [0.29, 0.717) is 0 Å². The molecule has 1 N–H and O–H groups in total. The molecule has 0 atom stereocenters. The molecule has 9 nitrogen and oxygen atoms in total. The Morgan fingerprint density at radius 2 is 1.24 bits per heavy atom. The SMILES string of the molecule is c1ccc2n[nH]nc2c1.c1ccc2ocnc2c1.c1ccc2sncc2c1.c1ccn2cccc2c1.c1ccn2ccnc2c1. The first-order chi connectivity index (χ1) is 22.3. The predicted octanol–water partition coefficient (Wildman–Crippen LogP) is 8.36. The molecule has 0 fully saturated rings. The van der Waals surface area contributed by atoms with Gasteiger partial charge in [-0.25, -0.2) is 9.97 Å². The molecule has 0 amide bonds. The van der Waals surface area contributed by atoms with Crippen molar-refractivity contribution in [3.8, 4) is 0 Å². The number of aromatic nitrogens is 8. The molecule has 0 aliphatic heterocycles. The maximum atomic E-state index is 5.01. The summed E-state index contributed by atoms with van der Waals surface area (Å²) in [5.41, 5.74) is 5.83. The molecule has 220 valence electrons. The number of imidazole rings is 1. The number of aromatic amines is 1. The lowest BCUT2D eigenvalue weighted by Crippen LogP contribution is -1.77. The fourth-order valence-corrected chi connectivity index (χ4v) is 4.89. The fourth-order valence-electron chi connectivity index (χ4n) is 4.24. The van der Waals surface area contributed by atoms with E-state index in [4.69, 9.17) is 4.42 Å². The van der Waals surface area contributed by atoms with Gasteiger partial charge in [0.1, 0.15) is 22.2 Å². The summed E-state index contributed by atoms with van der Waals surface area (Å²) < 4.78 is 14.4. The lowest BCUT2D eigenvalue weighted by molar-refractivity contribution is 0.602. The second-order valence-electron chi connectivity index (χ2n) is 9.43. The molecule has 0 saturated heterocycles. The highest BCUT2D eigenvalue weighted by Crippen LogP contribution is 2.15. The van der Waals surface area contributed by atoms with Gasteiger partial charge in [0.15, 0.2) is 12.0 Å². The summed E-state index contributed by atoms with van der Waals surface area (Å²) in [6.45, 7) is 0. The zero-order valence-corrected chi connectivity index (χ0v) is 24.9. The van der Waals surface area contributed by atoms with Gasteiger partial charge in [-0.2, -0.15) is 19.8 Å². The van der Waals surface area contributed by atoms with Gasteiger partial charge in [0.05, 0.1) is 4.70 Å². The summed E-state index contributed by atoms with van der Waals surface area (Å²) in [5.74, 6) is 0. The van der Waals surface area contributed by atoms with Crippen molar-refractivity contribution >= 4 is 54.9 Å². The number of fused-ring (bicyclic) bond motifs is 5. The Morgan fingerprint density at radius 3 is 2.02 bits per heavy atom. The van der Waals surface area contributed by atoms with Gasteiger partial charge in [0.2, 0.25) is 0 Å². The van der Waals surface area contributed by atoms with Gasteiger partial charge in [-0.3, -0.25) is 0 Å². The van der Waals surface area contributed by atoms with Crippen LogP contribution in [0.25, 0.3) is 43.4 Å². The van der Waals surface area contributed by atoms with Crippen LogP contribution in [0.4, 0.5) is 0 Å². The second kappa shape index (κ2) is 14.9. The third-order valence-electron chi connectivity index (χ3n) is 6.46. The molecular weight excluding hydrogens is 581 g/mol. The summed E-state index contributed by atoms with van der Waals surface area (Å²) in [5, 5.41) is 11.5. The molecule has 45 heavy (non-hydrogen) atoms. The van der Waals surface area contributed by atoms with E-state index < -0.39 is 0 Å². The summed E-state index contributed by atoms with van der Waals surface area (Å²) in [4.78, 5) is 8.03. The molecule has 3 aromatic carbocycles. The lowest BCUT2D eigenvalue weighted by atomic mass is 10.3. The normalized spacial score (nSPS) is 10.2. The highest BCUT2D eigenvalue weighted by atomic mass is 32.1. The maximum Gasteiger partial charge on any atom is 0.181 e. The van der Waals surface area contributed by atoms with E-state index in [1.807, 2.05) is 132 Å². The van der Waals surface area contributed by atoms with Crippen molar-refractivity contribution in [1.82, 2.24) is 38.6 Å². The minimum atomic E-state index is 0.845. The van der Waals surface area contributed by atoms with Crippen LogP contribution >= 0.6 is 11.5 Å². The van der Waals surface area contributed by atoms with Crippen molar-refractivity contribution in [2.24, 2.45) is 0 Å². The van der Waals surface area contributed by atoms with Gasteiger partial charge in [0.25, 0.3) is 0 Å². The van der Waals surface area contributed by atoms with Crippen LogP contribution in [-0.2, 0) is 0 Å². The van der Waals surface area contributed by atoms with E-state index in [-0.39, 0.29) is 0 Å². The first-order valence-electron chi connectivity index (χ1n) is 14.1. The zero-order valence-electron chi connectivity index (χ0n) is 24.0. The van der Waals surface area contributed by atoms with E-state index in [1.165, 1.54) is 33.5 Å². The van der Waals surface area contributed by atoms with Crippen LogP contribution in [0.15, 0.2) is 169 Å². The topological polar surface area (TPSA) is 102 Å². The highest BCUT2D eigenvalue weighted by Gasteiger charge is 1.92. The molecule has 0 bridgehead atoms. The van der Waals surface area contributed by atoms with Crippen LogP contribution in [0.1, 0.15) is 0 Å². The van der Waals surface area contributed by atoms with Gasteiger partial charge < -0.3 is 13.2 Å². The number of rotatable bonds is 0. The molecule has 10 rings (SSSR count). The number of hydrogen-bond acceptors (Lipinski definition) is 7. The zero-order chi connectivity index (χ0) is 30.5. The molecule has 0 aliphatic rings. The molecule has 0 radical (unpaired) electrons. The molecule has 0 spiro atoms. The van der Waals surface area contributed by atoms with E-state index in [1.54, 1.807) is 6.20 Å². The highest BCUT2D eigenvalue weighted by molar-refractivity contribution is 7.13. The van der Waals surface area contributed by atoms with E-state index >= 15 is 0 Å². The Morgan fingerprint density at radius 1 is 0.578 bits per heavy atom. The maximum absolute atomic E-state index is 5.01. The first-order valence-corrected chi connectivity index (χ1v) is 14.8. The van der Waals surface area contributed by atoms with E-state index in [2.05, 4.69) is 58.4 Å². The van der Waals surface area contributed by atoms with Gasteiger partial charge in [-0.15, -0.1) is 0 Å². The number of pyridine rings is 2. The minimum absolute atomic E-state index is 0.845. The molecule has 0 saturated carbocycles. The fraction of sp³-hybridized carbons (Fsp3) is 0. The quantitative estimate of drug-likeness (QED) is 0.186. The van der Waals surface area contributed by atoms with Crippen LogP contribution in [0, 0.1) is 0 Å². The van der Waals surface area contributed by atoms with Crippen molar-refractivity contribution in [1.29, 1.82) is 0 Å². The van der Waals surface area contributed by atoms with Gasteiger partial charge in [-0.1, -0.05) is 54.6 Å². The minimum Gasteiger partial charge on any atom is -0.443 e. The molecule has 10 aromatic rings. The van der Waals surface area contributed by atoms with Crippen LogP contribution < -0.4 is 0 Å². The molecular formula is C35H28N8OS. The molecule has 0 aliphatic carbocycles. The summed E-state index contributed by atoms with van der Waals surface area (Å²) in [7, 11) is 0. The van der Waals surface area contributed by atoms with Crippen molar-refractivity contribution in [3.05, 3.63) is 165 Å². The Labute approximate surface area is 262 Å². The smallest absolute Gasteiger partial charge is 0.181 e. The van der Waals surface area contributed by atoms with Gasteiger partial charge in [0, 0.05) is 48.1 Å². The number of nitrogens with one attached hydrogen (secondary N) is 1. The lowest BCUT2D eigenvalue weighted by Gasteiger charge is -1.88. The average Bonchev–Trinajstić information content (AvgIpc) is 3.95. The third kappa shape index (κ3) is 7.83. The number of nitrogens with zero attached hydrogens (tertiary/aromatic N) is 7. The van der Waals surface area contributed by atoms with Crippen LogP contribution in [-0.4, -0.2) is 38.6 Å². The van der Waals surface area contributed by atoms with Gasteiger partial charge in [-0.05, 0) is 78.3 Å². The predicted molar refractivity (Wildman–Crippen MR) is 180 cm³/mol. The summed E-state index contributed by atoms with van der Waals surface area (Å²) in [6.07, 6.45) is 13.1. The molecule has 7 heterocycles. The summed E-state index contributed by atoms with van der Waals surface area (Å²) >= 11 is 1.54. The standard InChI is InChI=1S/C8H7N.C7H6N2.C7H5NO.C7H5NS.C6H5N3/c1-2-6-9-7-3-5-8(9)4-1;1-2-5-9-6-4-8-7(9)3-1;1-2-4-7-6(3-1)8-5-9-7;1-2-4-7-6(3-1)5-8-9-7;1-2-4-6-5(3-1)7-9-8-6/h1-7H;1-6H;2*1-5H;1-4H,(H,7,8,9). The average molecular weight is 609 g/mol. The number of benzene rings is 3. The first kappa shape index (κ1) is 29.0. The third-order valence-corrected chi connectivity index (χ3v) is 7.24.